The van der Waals surface area contributed by atoms with Crippen LogP contribution in [0, 0.1) is 21.7 Å². The molecule has 3 aromatic rings. The van der Waals surface area contributed by atoms with E-state index in [9.17, 15) is 18.9 Å². The predicted octanol–water partition coefficient (Wildman–Crippen LogP) is 4.67. The summed E-state index contributed by atoms with van der Waals surface area (Å²) in [6.07, 6.45) is 1.07. The lowest BCUT2D eigenvalue weighted by Gasteiger charge is -2.11. The van der Waals surface area contributed by atoms with Gasteiger partial charge in [0.15, 0.2) is 0 Å². The van der Waals surface area contributed by atoms with E-state index < -0.39 is 22.2 Å². The van der Waals surface area contributed by atoms with Gasteiger partial charge in [-0.1, -0.05) is 29.8 Å². The number of nitrogens with zero attached hydrogens (tertiary/aromatic N) is 3. The molecule has 0 spiro atoms. The number of hydrogen-bond acceptors (Lipinski definition) is 6. The minimum absolute atomic E-state index is 0.0887. The van der Waals surface area contributed by atoms with E-state index in [1.807, 2.05) is 0 Å². The van der Waals surface area contributed by atoms with Gasteiger partial charge < -0.3 is 10.6 Å². The molecule has 1 aromatic heterocycles. The molecule has 0 aliphatic rings. The largest absolute Gasteiger partial charge is 0.360 e. The molecule has 0 aliphatic carbocycles. The van der Waals surface area contributed by atoms with Gasteiger partial charge in [-0.25, -0.2) is 18.7 Å². The van der Waals surface area contributed by atoms with Crippen molar-refractivity contribution in [3.63, 3.8) is 0 Å². The van der Waals surface area contributed by atoms with Gasteiger partial charge in [0, 0.05) is 17.6 Å². The standard InChI is InChI=1S/C17H12ClF2N5O2/c18-12-4-2-1-3-10(12)8-21-16-15(25(26)27)17(23-9-22-16)24-14-7-11(19)5-6-13(14)20/h1-7,9H,8H2,(H2,21,22,23,24). The summed E-state index contributed by atoms with van der Waals surface area (Å²) in [5, 5.41) is 17.3. The van der Waals surface area contributed by atoms with E-state index in [-0.39, 0.29) is 23.9 Å². The smallest absolute Gasteiger partial charge is 0.353 e. The minimum Gasteiger partial charge on any atom is -0.360 e. The highest BCUT2D eigenvalue weighted by Crippen LogP contribution is 2.32. The summed E-state index contributed by atoms with van der Waals surface area (Å²) in [7, 11) is 0. The fraction of sp³-hybridized carbons (Fsp3) is 0.0588. The van der Waals surface area contributed by atoms with Crippen LogP contribution >= 0.6 is 11.6 Å². The Balaban J connectivity index is 1.92. The molecule has 0 fully saturated rings. The Kier molecular flexibility index (Phi) is 5.41. The molecule has 2 aromatic carbocycles. The fourth-order valence-electron chi connectivity index (χ4n) is 2.31. The topological polar surface area (TPSA) is 93.0 Å². The second kappa shape index (κ2) is 7.92. The lowest BCUT2D eigenvalue weighted by molar-refractivity contribution is -0.383. The van der Waals surface area contributed by atoms with E-state index in [0.717, 1.165) is 24.5 Å². The van der Waals surface area contributed by atoms with Gasteiger partial charge in [-0.3, -0.25) is 10.1 Å². The van der Waals surface area contributed by atoms with Crippen LogP contribution in [0.2, 0.25) is 5.02 Å². The van der Waals surface area contributed by atoms with Crippen LogP contribution in [0.4, 0.5) is 31.8 Å². The fourth-order valence-corrected chi connectivity index (χ4v) is 2.52. The molecule has 0 saturated carbocycles. The third-order valence-electron chi connectivity index (χ3n) is 3.59. The summed E-state index contributed by atoms with van der Waals surface area (Å²) in [5.41, 5.74) is -0.0835. The predicted molar refractivity (Wildman–Crippen MR) is 97.1 cm³/mol. The molecule has 3 rings (SSSR count). The summed E-state index contributed by atoms with van der Waals surface area (Å²) in [4.78, 5) is 18.5. The number of rotatable bonds is 6. The Morgan fingerprint density at radius 1 is 1.11 bits per heavy atom. The molecular formula is C17H12ClF2N5O2. The Labute approximate surface area is 157 Å². The number of benzene rings is 2. The van der Waals surface area contributed by atoms with Gasteiger partial charge in [-0.2, -0.15) is 0 Å². The number of halogens is 3. The maximum atomic E-state index is 13.8. The molecule has 0 atom stereocenters. The molecular weight excluding hydrogens is 380 g/mol. The third kappa shape index (κ3) is 4.26. The number of nitro groups is 1. The Morgan fingerprint density at radius 3 is 2.59 bits per heavy atom. The van der Waals surface area contributed by atoms with Crippen LogP contribution in [0.25, 0.3) is 0 Å². The van der Waals surface area contributed by atoms with Crippen LogP contribution in [0.1, 0.15) is 5.56 Å². The van der Waals surface area contributed by atoms with Crippen molar-refractivity contribution < 1.29 is 13.7 Å². The highest BCUT2D eigenvalue weighted by Gasteiger charge is 2.24. The van der Waals surface area contributed by atoms with Crippen LogP contribution in [-0.2, 0) is 6.54 Å². The number of hydrogen-bond donors (Lipinski definition) is 2. The molecule has 0 unspecified atom stereocenters. The van der Waals surface area contributed by atoms with Gasteiger partial charge in [0.25, 0.3) is 0 Å². The van der Waals surface area contributed by atoms with E-state index in [1.54, 1.807) is 24.3 Å². The Hall–Kier alpha value is -3.33. The van der Waals surface area contributed by atoms with Gasteiger partial charge in [0.1, 0.15) is 18.0 Å². The minimum atomic E-state index is -0.783. The van der Waals surface area contributed by atoms with E-state index in [1.165, 1.54) is 0 Å². The SMILES string of the molecule is O=[N+]([O-])c1c(NCc2ccccc2Cl)ncnc1Nc1cc(F)ccc1F. The molecule has 7 nitrogen and oxygen atoms in total. The normalized spacial score (nSPS) is 10.5. The second-order valence-corrected chi connectivity index (χ2v) is 5.78. The lowest BCUT2D eigenvalue weighted by Crippen LogP contribution is -2.09. The van der Waals surface area contributed by atoms with Crippen LogP contribution < -0.4 is 10.6 Å². The molecule has 0 saturated heterocycles. The highest BCUT2D eigenvalue weighted by molar-refractivity contribution is 6.31. The highest BCUT2D eigenvalue weighted by atomic mass is 35.5. The molecule has 0 aliphatic heterocycles. The summed E-state index contributed by atoms with van der Waals surface area (Å²) in [5.74, 6) is -1.85. The number of nitrogens with one attached hydrogen (secondary N) is 2. The molecule has 2 N–H and O–H groups in total. The summed E-state index contributed by atoms with van der Waals surface area (Å²) < 4.78 is 27.2. The molecule has 10 heteroatoms. The first kappa shape index (κ1) is 18.5. The molecule has 1 heterocycles. The van der Waals surface area contributed by atoms with Crippen molar-refractivity contribution in [3.8, 4) is 0 Å². The molecule has 0 radical (unpaired) electrons. The first-order chi connectivity index (χ1) is 13.0. The molecule has 0 amide bonds. The van der Waals surface area contributed by atoms with Crippen molar-refractivity contribution in [1.82, 2.24) is 9.97 Å². The van der Waals surface area contributed by atoms with E-state index >= 15 is 0 Å². The molecule has 0 bridgehead atoms. The first-order valence-electron chi connectivity index (χ1n) is 7.64. The second-order valence-electron chi connectivity index (χ2n) is 5.37. The summed E-state index contributed by atoms with van der Waals surface area (Å²) >= 11 is 6.07. The van der Waals surface area contributed by atoms with Gasteiger partial charge in [-0.05, 0) is 23.8 Å². The first-order valence-corrected chi connectivity index (χ1v) is 8.02. The van der Waals surface area contributed by atoms with Crippen LogP contribution in [0.3, 0.4) is 0 Å². The maximum Gasteiger partial charge on any atom is 0.353 e. The van der Waals surface area contributed by atoms with E-state index in [2.05, 4.69) is 20.6 Å². The summed E-state index contributed by atoms with van der Waals surface area (Å²) in [6, 6.07) is 9.69. The average Bonchev–Trinajstić information content (AvgIpc) is 2.64. The lowest BCUT2D eigenvalue weighted by atomic mass is 10.2. The molecule has 138 valence electrons. The maximum absolute atomic E-state index is 13.8. The van der Waals surface area contributed by atoms with Crippen molar-refractivity contribution in [1.29, 1.82) is 0 Å². The van der Waals surface area contributed by atoms with Crippen LogP contribution in [0.5, 0.6) is 0 Å². The van der Waals surface area contributed by atoms with Gasteiger partial charge in [0.2, 0.25) is 11.6 Å². The van der Waals surface area contributed by atoms with E-state index in [0.29, 0.717) is 10.6 Å². The zero-order valence-electron chi connectivity index (χ0n) is 13.6. The number of anilines is 3. The van der Waals surface area contributed by atoms with Crippen molar-refractivity contribution in [2.75, 3.05) is 10.6 Å². The van der Waals surface area contributed by atoms with Crippen LogP contribution in [-0.4, -0.2) is 14.9 Å². The zero-order chi connectivity index (χ0) is 19.4. The Morgan fingerprint density at radius 2 is 1.85 bits per heavy atom. The van der Waals surface area contributed by atoms with E-state index in [4.69, 9.17) is 11.6 Å². The molecule has 27 heavy (non-hydrogen) atoms. The van der Waals surface area contributed by atoms with Crippen molar-refractivity contribution in [2.24, 2.45) is 0 Å². The van der Waals surface area contributed by atoms with Gasteiger partial charge in [0.05, 0.1) is 10.6 Å². The zero-order valence-corrected chi connectivity index (χ0v) is 14.4. The third-order valence-corrected chi connectivity index (χ3v) is 3.96. The average molecular weight is 392 g/mol. The number of aromatic nitrogens is 2. The van der Waals surface area contributed by atoms with Gasteiger partial charge in [-0.15, -0.1) is 0 Å². The quantitative estimate of drug-likeness (QED) is 0.468. The Bertz CT molecular complexity index is 1000. The van der Waals surface area contributed by atoms with Crippen molar-refractivity contribution >= 4 is 34.6 Å². The van der Waals surface area contributed by atoms with Gasteiger partial charge >= 0.3 is 5.69 Å². The summed E-state index contributed by atoms with van der Waals surface area (Å²) in [6.45, 7) is 0.172. The van der Waals surface area contributed by atoms with Crippen molar-refractivity contribution in [2.45, 2.75) is 6.54 Å². The van der Waals surface area contributed by atoms with Crippen LogP contribution in [0.15, 0.2) is 48.8 Å². The monoisotopic (exact) mass is 391 g/mol. The van der Waals surface area contributed by atoms with Crippen molar-refractivity contribution in [3.05, 3.63) is 81.1 Å².